The number of hydrogen-bond donors (Lipinski definition) is 1. The van der Waals surface area contributed by atoms with Crippen molar-refractivity contribution in [2.75, 3.05) is 0 Å². The smallest absolute Gasteiger partial charge is 0.178 e. The van der Waals surface area contributed by atoms with Gasteiger partial charge in [0.15, 0.2) is 5.82 Å². The molecule has 0 radical (unpaired) electrons. The Bertz CT molecular complexity index is 737. The molecule has 3 aromatic rings. The van der Waals surface area contributed by atoms with Crippen LogP contribution in [0.5, 0.6) is 0 Å². The zero-order valence-electron chi connectivity index (χ0n) is 10.7. The van der Waals surface area contributed by atoms with E-state index in [0.29, 0.717) is 12.4 Å². The molecular formula is C15H14N4. The van der Waals surface area contributed by atoms with E-state index in [-0.39, 0.29) is 0 Å². The molecule has 2 heterocycles. The lowest BCUT2D eigenvalue weighted by Gasteiger charge is -2.06. The van der Waals surface area contributed by atoms with Crippen LogP contribution < -0.4 is 5.73 Å². The Hall–Kier alpha value is -2.33. The van der Waals surface area contributed by atoms with Gasteiger partial charge in [-0.05, 0) is 30.7 Å². The van der Waals surface area contributed by atoms with Crippen LogP contribution in [0.15, 0.2) is 42.6 Å². The highest BCUT2D eigenvalue weighted by Gasteiger charge is 2.07. The van der Waals surface area contributed by atoms with Gasteiger partial charge in [0.2, 0.25) is 0 Å². The number of pyridine rings is 1. The van der Waals surface area contributed by atoms with Gasteiger partial charge in [0.05, 0.1) is 11.2 Å². The van der Waals surface area contributed by atoms with E-state index in [1.807, 2.05) is 30.3 Å². The number of hydrogen-bond acceptors (Lipinski definition) is 4. The van der Waals surface area contributed by atoms with E-state index in [9.17, 15) is 0 Å². The monoisotopic (exact) mass is 250 g/mol. The molecule has 94 valence electrons. The number of para-hydroxylation sites is 1. The summed E-state index contributed by atoms with van der Waals surface area (Å²) in [5, 5.41) is 1.15. The second-order valence-corrected chi connectivity index (χ2v) is 4.42. The van der Waals surface area contributed by atoms with E-state index in [2.05, 4.69) is 27.9 Å². The van der Waals surface area contributed by atoms with Gasteiger partial charge in [-0.25, -0.2) is 15.0 Å². The lowest BCUT2D eigenvalue weighted by Crippen LogP contribution is -2.02. The maximum absolute atomic E-state index is 5.61. The molecule has 0 aliphatic heterocycles. The van der Waals surface area contributed by atoms with E-state index < -0.39 is 0 Å². The SMILES string of the molecule is Cc1cc(-c2nccc(CN)n2)nc2ccccc12. The summed E-state index contributed by atoms with van der Waals surface area (Å²) in [6, 6.07) is 11.9. The van der Waals surface area contributed by atoms with Crippen LogP contribution in [0.3, 0.4) is 0 Å². The molecule has 1 aromatic carbocycles. The minimum atomic E-state index is 0.405. The third-order valence-electron chi connectivity index (χ3n) is 3.07. The van der Waals surface area contributed by atoms with Gasteiger partial charge >= 0.3 is 0 Å². The van der Waals surface area contributed by atoms with Crippen LogP contribution in [0.25, 0.3) is 22.4 Å². The number of nitrogens with two attached hydrogens (primary N) is 1. The standard InChI is InChI=1S/C15H14N4/c1-10-8-14(15-17-7-6-11(9-16)18-15)19-13-5-3-2-4-12(10)13/h2-8H,9,16H2,1H3. The van der Waals surface area contributed by atoms with Crippen molar-refractivity contribution in [2.24, 2.45) is 5.73 Å². The van der Waals surface area contributed by atoms with Crippen molar-refractivity contribution >= 4 is 10.9 Å². The first-order chi connectivity index (χ1) is 9.28. The summed E-state index contributed by atoms with van der Waals surface area (Å²) in [5.41, 5.74) is 9.33. The normalized spacial score (nSPS) is 10.8. The molecule has 0 unspecified atom stereocenters. The molecule has 4 heteroatoms. The number of fused-ring (bicyclic) bond motifs is 1. The molecule has 0 spiro atoms. The number of rotatable bonds is 2. The van der Waals surface area contributed by atoms with E-state index >= 15 is 0 Å². The summed E-state index contributed by atoms with van der Waals surface area (Å²) in [6.07, 6.45) is 1.72. The molecule has 0 saturated carbocycles. The summed E-state index contributed by atoms with van der Waals surface area (Å²) in [5.74, 6) is 0.622. The Kier molecular flexibility index (Phi) is 2.93. The minimum absolute atomic E-state index is 0.405. The average Bonchev–Trinajstić information content (AvgIpc) is 2.47. The second kappa shape index (κ2) is 4.74. The van der Waals surface area contributed by atoms with Crippen molar-refractivity contribution in [2.45, 2.75) is 13.5 Å². The highest BCUT2D eigenvalue weighted by molar-refractivity contribution is 5.84. The third-order valence-corrected chi connectivity index (χ3v) is 3.07. The first kappa shape index (κ1) is 11.7. The molecule has 0 aliphatic rings. The van der Waals surface area contributed by atoms with Crippen LogP contribution in [0.4, 0.5) is 0 Å². The molecule has 0 bridgehead atoms. The number of nitrogens with zero attached hydrogens (tertiary/aromatic N) is 3. The van der Waals surface area contributed by atoms with Crippen molar-refractivity contribution in [1.29, 1.82) is 0 Å². The Morgan fingerprint density at radius 3 is 2.79 bits per heavy atom. The number of aromatic nitrogens is 3. The topological polar surface area (TPSA) is 64.7 Å². The largest absolute Gasteiger partial charge is 0.325 e. The first-order valence-corrected chi connectivity index (χ1v) is 6.16. The molecule has 0 saturated heterocycles. The third kappa shape index (κ3) is 2.18. The van der Waals surface area contributed by atoms with Gasteiger partial charge in [0, 0.05) is 18.1 Å². The Morgan fingerprint density at radius 1 is 1.11 bits per heavy atom. The maximum Gasteiger partial charge on any atom is 0.178 e. The Labute approximate surface area is 111 Å². The fourth-order valence-corrected chi connectivity index (χ4v) is 2.10. The number of aryl methyl sites for hydroxylation is 1. The average molecular weight is 250 g/mol. The Morgan fingerprint density at radius 2 is 1.95 bits per heavy atom. The molecule has 2 N–H and O–H groups in total. The fraction of sp³-hybridized carbons (Fsp3) is 0.133. The molecule has 19 heavy (non-hydrogen) atoms. The fourth-order valence-electron chi connectivity index (χ4n) is 2.10. The quantitative estimate of drug-likeness (QED) is 0.758. The maximum atomic E-state index is 5.61. The molecule has 0 atom stereocenters. The van der Waals surface area contributed by atoms with Gasteiger partial charge < -0.3 is 5.73 Å². The van der Waals surface area contributed by atoms with Crippen LogP contribution in [-0.4, -0.2) is 15.0 Å². The molecule has 0 fully saturated rings. The zero-order valence-corrected chi connectivity index (χ0v) is 10.7. The van der Waals surface area contributed by atoms with Gasteiger partial charge in [0.25, 0.3) is 0 Å². The molecular weight excluding hydrogens is 236 g/mol. The highest BCUT2D eigenvalue weighted by Crippen LogP contribution is 2.21. The minimum Gasteiger partial charge on any atom is -0.325 e. The van der Waals surface area contributed by atoms with Crippen LogP contribution >= 0.6 is 0 Å². The number of benzene rings is 1. The molecule has 0 aliphatic carbocycles. The summed E-state index contributed by atoms with van der Waals surface area (Å²) < 4.78 is 0. The molecule has 2 aromatic heterocycles. The van der Waals surface area contributed by atoms with Crippen molar-refractivity contribution in [1.82, 2.24) is 15.0 Å². The highest BCUT2D eigenvalue weighted by atomic mass is 14.9. The van der Waals surface area contributed by atoms with Crippen molar-refractivity contribution in [3.63, 3.8) is 0 Å². The summed E-state index contributed by atoms with van der Waals surface area (Å²) in [4.78, 5) is 13.3. The summed E-state index contributed by atoms with van der Waals surface area (Å²) >= 11 is 0. The van der Waals surface area contributed by atoms with Gasteiger partial charge in [-0.1, -0.05) is 18.2 Å². The van der Waals surface area contributed by atoms with Crippen LogP contribution in [0, 0.1) is 6.92 Å². The van der Waals surface area contributed by atoms with Gasteiger partial charge in [-0.3, -0.25) is 0 Å². The lowest BCUT2D eigenvalue weighted by atomic mass is 10.1. The van der Waals surface area contributed by atoms with E-state index in [4.69, 9.17) is 5.73 Å². The predicted molar refractivity (Wildman–Crippen MR) is 75.4 cm³/mol. The predicted octanol–water partition coefficient (Wildman–Crippen LogP) is 2.46. The summed E-state index contributed by atoms with van der Waals surface area (Å²) in [6.45, 7) is 2.47. The molecule has 0 amide bonds. The molecule has 3 rings (SSSR count). The van der Waals surface area contributed by atoms with Crippen molar-refractivity contribution in [3.05, 3.63) is 53.9 Å². The Balaban J connectivity index is 2.19. The van der Waals surface area contributed by atoms with Gasteiger partial charge in [-0.2, -0.15) is 0 Å². The van der Waals surface area contributed by atoms with Crippen LogP contribution in [-0.2, 0) is 6.54 Å². The van der Waals surface area contributed by atoms with Crippen LogP contribution in [0.1, 0.15) is 11.3 Å². The van der Waals surface area contributed by atoms with Gasteiger partial charge in [-0.15, -0.1) is 0 Å². The van der Waals surface area contributed by atoms with Gasteiger partial charge in [0.1, 0.15) is 5.69 Å². The van der Waals surface area contributed by atoms with Crippen molar-refractivity contribution < 1.29 is 0 Å². The second-order valence-electron chi connectivity index (χ2n) is 4.42. The molecule has 4 nitrogen and oxygen atoms in total. The van der Waals surface area contributed by atoms with E-state index in [0.717, 1.165) is 22.3 Å². The van der Waals surface area contributed by atoms with Crippen molar-refractivity contribution in [3.8, 4) is 11.5 Å². The lowest BCUT2D eigenvalue weighted by molar-refractivity contribution is 0.965. The van der Waals surface area contributed by atoms with Crippen LogP contribution in [0.2, 0.25) is 0 Å². The zero-order chi connectivity index (χ0) is 13.2. The summed E-state index contributed by atoms with van der Waals surface area (Å²) in [7, 11) is 0. The van der Waals surface area contributed by atoms with E-state index in [1.54, 1.807) is 6.20 Å². The first-order valence-electron chi connectivity index (χ1n) is 6.16. The van der Waals surface area contributed by atoms with E-state index in [1.165, 1.54) is 5.56 Å².